The molecule has 1 aliphatic rings. The minimum absolute atomic E-state index is 0.0609. The lowest BCUT2D eigenvalue weighted by Crippen LogP contribution is -2.42. The summed E-state index contributed by atoms with van der Waals surface area (Å²) >= 11 is 0. The van der Waals surface area contributed by atoms with Gasteiger partial charge in [-0.1, -0.05) is 12.1 Å². The van der Waals surface area contributed by atoms with Gasteiger partial charge in [-0.15, -0.1) is 0 Å². The van der Waals surface area contributed by atoms with Gasteiger partial charge in [0.15, 0.2) is 17.2 Å². The smallest absolute Gasteiger partial charge is 0.311 e. The van der Waals surface area contributed by atoms with Crippen LogP contribution < -0.4 is 19.6 Å². The Morgan fingerprint density at radius 2 is 2.04 bits per heavy atom. The first-order valence-electron chi connectivity index (χ1n) is 8.05. The van der Waals surface area contributed by atoms with E-state index in [9.17, 15) is 14.9 Å². The van der Waals surface area contributed by atoms with Gasteiger partial charge in [0.25, 0.3) is 5.91 Å². The average molecular weight is 371 g/mol. The second kappa shape index (κ2) is 7.73. The molecule has 9 nitrogen and oxygen atoms in total. The third-order valence-electron chi connectivity index (χ3n) is 3.93. The standard InChI is InChI=1S/C18H17N3O6/c1-11(12-7-8-14(25-2)13(9-12)21(23)24)19-20-18(22)17-10-26-15-5-3-4-6-16(15)27-17/h3-9,17H,10H2,1-2H3,(H,20,22)/b19-11-/t17-/m0/s1. The molecule has 140 valence electrons. The van der Waals surface area contributed by atoms with Crippen molar-refractivity contribution in [2.24, 2.45) is 5.10 Å². The van der Waals surface area contributed by atoms with E-state index in [0.29, 0.717) is 22.8 Å². The summed E-state index contributed by atoms with van der Waals surface area (Å²) in [5.41, 5.74) is 3.09. The van der Waals surface area contributed by atoms with E-state index in [0.717, 1.165) is 0 Å². The minimum atomic E-state index is -0.846. The number of hydrazone groups is 1. The van der Waals surface area contributed by atoms with Crippen molar-refractivity contribution in [3.8, 4) is 17.2 Å². The number of ether oxygens (including phenoxy) is 3. The number of carbonyl (C=O) groups is 1. The van der Waals surface area contributed by atoms with E-state index >= 15 is 0 Å². The molecule has 0 fully saturated rings. The molecule has 27 heavy (non-hydrogen) atoms. The molecular formula is C18H17N3O6. The second-order valence-electron chi connectivity index (χ2n) is 5.68. The maximum Gasteiger partial charge on any atom is 0.311 e. The van der Waals surface area contributed by atoms with E-state index < -0.39 is 16.9 Å². The first-order valence-corrected chi connectivity index (χ1v) is 8.05. The van der Waals surface area contributed by atoms with Crippen LogP contribution in [0.15, 0.2) is 47.6 Å². The Labute approximate surface area is 154 Å². The zero-order chi connectivity index (χ0) is 19.4. The van der Waals surface area contributed by atoms with Crippen molar-refractivity contribution in [1.29, 1.82) is 0 Å². The Kier molecular flexibility index (Phi) is 5.20. The van der Waals surface area contributed by atoms with Gasteiger partial charge in [0.2, 0.25) is 6.10 Å². The number of para-hydroxylation sites is 2. The number of hydrogen-bond donors (Lipinski definition) is 1. The maximum atomic E-state index is 12.3. The number of benzene rings is 2. The van der Waals surface area contributed by atoms with Crippen LogP contribution in [0.5, 0.6) is 17.2 Å². The molecule has 0 aromatic heterocycles. The second-order valence-corrected chi connectivity index (χ2v) is 5.68. The predicted octanol–water partition coefficient (Wildman–Crippen LogP) is 2.28. The van der Waals surface area contributed by atoms with Crippen LogP contribution in [0, 0.1) is 10.1 Å². The highest BCUT2D eigenvalue weighted by Gasteiger charge is 2.27. The van der Waals surface area contributed by atoms with Crippen LogP contribution in [0.2, 0.25) is 0 Å². The highest BCUT2D eigenvalue weighted by Crippen LogP contribution is 2.31. The van der Waals surface area contributed by atoms with Crippen molar-refractivity contribution in [1.82, 2.24) is 5.43 Å². The normalized spacial score (nSPS) is 15.8. The Balaban J connectivity index is 1.70. The number of rotatable bonds is 5. The summed E-state index contributed by atoms with van der Waals surface area (Å²) in [6, 6.07) is 11.5. The zero-order valence-electron chi connectivity index (χ0n) is 14.7. The van der Waals surface area contributed by atoms with Crippen LogP contribution in [0.3, 0.4) is 0 Å². The molecule has 1 N–H and O–H groups in total. The Morgan fingerprint density at radius 3 is 2.74 bits per heavy atom. The number of amides is 1. The third kappa shape index (κ3) is 3.97. The molecule has 3 rings (SSSR count). The molecule has 0 unspecified atom stereocenters. The van der Waals surface area contributed by atoms with Gasteiger partial charge in [-0.2, -0.15) is 5.10 Å². The molecule has 2 aromatic rings. The van der Waals surface area contributed by atoms with E-state index in [4.69, 9.17) is 14.2 Å². The number of methoxy groups -OCH3 is 1. The van der Waals surface area contributed by atoms with Crippen molar-refractivity contribution in [3.63, 3.8) is 0 Å². The molecule has 1 aliphatic heterocycles. The molecule has 1 heterocycles. The van der Waals surface area contributed by atoms with Gasteiger partial charge in [0, 0.05) is 11.6 Å². The van der Waals surface area contributed by atoms with Crippen LogP contribution in [0.1, 0.15) is 12.5 Å². The highest BCUT2D eigenvalue weighted by molar-refractivity contribution is 6.00. The summed E-state index contributed by atoms with van der Waals surface area (Å²) in [6.45, 7) is 1.69. The minimum Gasteiger partial charge on any atom is -0.490 e. The number of nitro groups is 1. The van der Waals surface area contributed by atoms with E-state index in [1.807, 2.05) is 6.07 Å². The predicted molar refractivity (Wildman–Crippen MR) is 96.4 cm³/mol. The molecule has 9 heteroatoms. The summed E-state index contributed by atoms with van der Waals surface area (Å²) in [5, 5.41) is 15.1. The summed E-state index contributed by atoms with van der Waals surface area (Å²) in [6.07, 6.45) is -0.846. The van der Waals surface area contributed by atoms with E-state index in [1.54, 1.807) is 31.2 Å². The van der Waals surface area contributed by atoms with Crippen LogP contribution in [-0.2, 0) is 4.79 Å². The fourth-order valence-corrected chi connectivity index (χ4v) is 2.48. The van der Waals surface area contributed by atoms with Crippen molar-refractivity contribution in [2.75, 3.05) is 13.7 Å². The summed E-state index contributed by atoms with van der Waals surface area (Å²) in [5.74, 6) is 0.723. The van der Waals surface area contributed by atoms with E-state index in [1.165, 1.54) is 19.2 Å². The van der Waals surface area contributed by atoms with Crippen molar-refractivity contribution < 1.29 is 23.9 Å². The Morgan fingerprint density at radius 1 is 1.30 bits per heavy atom. The van der Waals surface area contributed by atoms with Crippen LogP contribution in [0.25, 0.3) is 0 Å². The van der Waals surface area contributed by atoms with Gasteiger partial charge < -0.3 is 14.2 Å². The molecule has 0 bridgehead atoms. The molecule has 0 aliphatic carbocycles. The molecule has 0 saturated carbocycles. The van der Waals surface area contributed by atoms with E-state index in [2.05, 4.69) is 10.5 Å². The summed E-state index contributed by atoms with van der Waals surface area (Å²) in [7, 11) is 1.35. The maximum absolute atomic E-state index is 12.3. The average Bonchev–Trinajstić information content (AvgIpc) is 2.70. The Hall–Kier alpha value is -3.62. The first kappa shape index (κ1) is 18.2. The number of hydrogen-bond acceptors (Lipinski definition) is 7. The van der Waals surface area contributed by atoms with Crippen molar-refractivity contribution in [2.45, 2.75) is 13.0 Å². The molecule has 0 spiro atoms. The molecule has 1 atom stereocenters. The lowest BCUT2D eigenvalue weighted by atomic mass is 10.1. The van der Waals surface area contributed by atoms with Gasteiger partial charge in [-0.25, -0.2) is 5.43 Å². The first-order chi connectivity index (χ1) is 13.0. The lowest BCUT2D eigenvalue weighted by Gasteiger charge is -2.24. The van der Waals surface area contributed by atoms with Crippen LogP contribution >= 0.6 is 0 Å². The zero-order valence-corrected chi connectivity index (χ0v) is 14.7. The molecule has 0 radical (unpaired) electrons. The topological polar surface area (TPSA) is 112 Å². The number of fused-ring (bicyclic) bond motifs is 1. The summed E-state index contributed by atoms with van der Waals surface area (Å²) in [4.78, 5) is 22.8. The van der Waals surface area contributed by atoms with Gasteiger partial charge in [-0.3, -0.25) is 14.9 Å². The van der Waals surface area contributed by atoms with Gasteiger partial charge in [0.05, 0.1) is 17.7 Å². The quantitative estimate of drug-likeness (QED) is 0.490. The SMILES string of the molecule is COc1ccc(/C(C)=N\NC(=O)[C@@H]2COc3ccccc3O2)cc1[N+](=O)[O-]. The fourth-order valence-electron chi connectivity index (χ4n) is 2.48. The number of nitrogens with one attached hydrogen (secondary N) is 1. The van der Waals surface area contributed by atoms with Gasteiger partial charge >= 0.3 is 5.69 Å². The molecule has 0 saturated heterocycles. The Bertz CT molecular complexity index is 912. The van der Waals surface area contributed by atoms with E-state index in [-0.39, 0.29) is 18.0 Å². The highest BCUT2D eigenvalue weighted by atomic mass is 16.6. The monoisotopic (exact) mass is 371 g/mol. The summed E-state index contributed by atoms with van der Waals surface area (Å²) < 4.78 is 16.1. The van der Waals surface area contributed by atoms with Gasteiger partial charge in [0.1, 0.15) is 6.61 Å². The van der Waals surface area contributed by atoms with Crippen molar-refractivity contribution >= 4 is 17.3 Å². The molecular weight excluding hydrogens is 354 g/mol. The van der Waals surface area contributed by atoms with Crippen LogP contribution in [-0.4, -0.2) is 36.4 Å². The van der Waals surface area contributed by atoms with Crippen LogP contribution in [0.4, 0.5) is 5.69 Å². The number of nitro benzene ring substituents is 1. The molecule has 2 aromatic carbocycles. The fraction of sp³-hybridized carbons (Fsp3) is 0.222. The third-order valence-corrected chi connectivity index (χ3v) is 3.93. The van der Waals surface area contributed by atoms with Gasteiger partial charge in [-0.05, 0) is 31.2 Å². The van der Waals surface area contributed by atoms with Crippen molar-refractivity contribution in [3.05, 3.63) is 58.1 Å². The number of nitrogens with zero attached hydrogens (tertiary/aromatic N) is 2. The lowest BCUT2D eigenvalue weighted by molar-refractivity contribution is -0.385. The molecule has 1 amide bonds. The largest absolute Gasteiger partial charge is 0.490 e. The number of carbonyl (C=O) groups excluding carboxylic acids is 1.